The number of carbonyl (C=O) groups excluding carboxylic acids is 3. The summed E-state index contributed by atoms with van der Waals surface area (Å²) in [6.45, 7) is 1.98. The zero-order valence-electron chi connectivity index (χ0n) is 15.8. The molecule has 0 unspecified atom stereocenters. The second-order valence-corrected chi connectivity index (χ2v) is 7.85. The number of anilines is 1. The van der Waals surface area contributed by atoms with Gasteiger partial charge in [0.05, 0.1) is 17.4 Å². The maximum atomic E-state index is 12.5. The van der Waals surface area contributed by atoms with E-state index in [1.807, 2.05) is 54.6 Å². The largest absolute Gasteiger partial charge is 0.452 e. The highest BCUT2D eigenvalue weighted by molar-refractivity contribution is 8.01. The lowest BCUT2D eigenvalue weighted by atomic mass is 10.2. The predicted molar refractivity (Wildman–Crippen MR) is 108 cm³/mol. The summed E-state index contributed by atoms with van der Waals surface area (Å²) < 4.78 is 5.29. The third-order valence-corrected chi connectivity index (χ3v) is 5.63. The Kier molecular flexibility index (Phi) is 6.36. The van der Waals surface area contributed by atoms with Crippen molar-refractivity contribution >= 4 is 35.2 Å². The van der Waals surface area contributed by atoms with Crippen molar-refractivity contribution < 1.29 is 19.1 Å². The van der Waals surface area contributed by atoms with E-state index in [0.29, 0.717) is 6.54 Å². The van der Waals surface area contributed by atoms with E-state index in [1.54, 1.807) is 14.0 Å². The van der Waals surface area contributed by atoms with Crippen molar-refractivity contribution in [2.45, 2.75) is 36.1 Å². The van der Waals surface area contributed by atoms with E-state index in [0.717, 1.165) is 16.1 Å². The highest BCUT2D eigenvalue weighted by Gasteiger charge is 2.31. The van der Waals surface area contributed by atoms with Gasteiger partial charge in [0.25, 0.3) is 5.91 Å². The summed E-state index contributed by atoms with van der Waals surface area (Å²) in [5, 5.41) is 2.22. The van der Waals surface area contributed by atoms with Gasteiger partial charge in [-0.25, -0.2) is 0 Å². The highest BCUT2D eigenvalue weighted by Crippen LogP contribution is 2.36. The lowest BCUT2D eigenvalue weighted by molar-refractivity contribution is -0.159. The SMILES string of the molecule is C[C@H](OC(=O)C[C@H]1Sc2ccccc2NC1=O)C(=O)N(C)Cc1ccccc1. The molecule has 0 saturated heterocycles. The molecule has 0 spiro atoms. The molecule has 1 aliphatic rings. The first kappa shape index (κ1) is 19.9. The van der Waals surface area contributed by atoms with Gasteiger partial charge in [-0.3, -0.25) is 14.4 Å². The van der Waals surface area contributed by atoms with E-state index in [4.69, 9.17) is 4.74 Å². The first-order valence-corrected chi connectivity index (χ1v) is 9.87. The van der Waals surface area contributed by atoms with Crippen molar-refractivity contribution in [1.82, 2.24) is 4.90 Å². The Bertz CT molecular complexity index is 872. The third-order valence-electron chi connectivity index (χ3n) is 4.35. The van der Waals surface area contributed by atoms with Gasteiger partial charge in [-0.1, -0.05) is 42.5 Å². The van der Waals surface area contributed by atoms with Gasteiger partial charge in [0, 0.05) is 18.5 Å². The van der Waals surface area contributed by atoms with Crippen molar-refractivity contribution in [2.75, 3.05) is 12.4 Å². The minimum Gasteiger partial charge on any atom is -0.452 e. The molecule has 0 bridgehead atoms. The fourth-order valence-electron chi connectivity index (χ4n) is 2.92. The number of thioether (sulfide) groups is 1. The molecule has 1 aliphatic heterocycles. The molecular weight excluding hydrogens is 376 g/mol. The van der Waals surface area contributed by atoms with Crippen molar-refractivity contribution in [3.05, 3.63) is 60.2 Å². The zero-order valence-corrected chi connectivity index (χ0v) is 16.6. The number of likely N-dealkylation sites (N-methyl/N-ethyl adjacent to an activating group) is 1. The van der Waals surface area contributed by atoms with Gasteiger partial charge in [-0.05, 0) is 24.6 Å². The van der Waals surface area contributed by atoms with Crippen molar-refractivity contribution in [3.8, 4) is 0 Å². The molecule has 146 valence electrons. The molecule has 2 amide bonds. The zero-order chi connectivity index (χ0) is 20.1. The minimum absolute atomic E-state index is 0.0924. The average molecular weight is 398 g/mol. The van der Waals surface area contributed by atoms with Gasteiger partial charge < -0.3 is 15.0 Å². The van der Waals surface area contributed by atoms with Gasteiger partial charge in [0.2, 0.25) is 5.91 Å². The molecule has 0 radical (unpaired) electrons. The topological polar surface area (TPSA) is 75.7 Å². The van der Waals surface area contributed by atoms with Gasteiger partial charge in [-0.15, -0.1) is 11.8 Å². The summed E-state index contributed by atoms with van der Waals surface area (Å²) in [7, 11) is 1.67. The summed E-state index contributed by atoms with van der Waals surface area (Å²) in [6.07, 6.45) is -1.00. The second-order valence-electron chi connectivity index (χ2n) is 6.61. The number of hydrogen-bond donors (Lipinski definition) is 1. The monoisotopic (exact) mass is 398 g/mol. The molecular formula is C21H22N2O4S. The number of esters is 1. The molecule has 0 aliphatic carbocycles. The number of ether oxygens (including phenoxy) is 1. The number of para-hydroxylation sites is 1. The van der Waals surface area contributed by atoms with Crippen molar-refractivity contribution in [1.29, 1.82) is 0 Å². The van der Waals surface area contributed by atoms with E-state index in [9.17, 15) is 14.4 Å². The maximum Gasteiger partial charge on any atom is 0.308 e. The summed E-state index contributed by atoms with van der Waals surface area (Å²) in [4.78, 5) is 39.4. The normalized spacial score (nSPS) is 16.5. The van der Waals surface area contributed by atoms with Crippen LogP contribution in [0.15, 0.2) is 59.5 Å². The lowest BCUT2D eigenvalue weighted by Gasteiger charge is -2.25. The molecule has 6 nitrogen and oxygen atoms in total. The van der Waals surface area contributed by atoms with Crippen molar-refractivity contribution in [3.63, 3.8) is 0 Å². The minimum atomic E-state index is -0.912. The third kappa shape index (κ3) is 4.92. The summed E-state index contributed by atoms with van der Waals surface area (Å²) in [5.41, 5.74) is 1.74. The van der Waals surface area contributed by atoms with Crippen LogP contribution in [-0.2, 0) is 25.7 Å². The number of nitrogens with one attached hydrogen (secondary N) is 1. The number of fused-ring (bicyclic) bond motifs is 1. The average Bonchev–Trinajstić information content (AvgIpc) is 2.68. The van der Waals surface area contributed by atoms with Gasteiger partial charge in [-0.2, -0.15) is 0 Å². The number of rotatable bonds is 6. The molecule has 2 aromatic rings. The van der Waals surface area contributed by atoms with Gasteiger partial charge in [0.1, 0.15) is 0 Å². The van der Waals surface area contributed by atoms with E-state index in [1.165, 1.54) is 16.7 Å². The first-order chi connectivity index (χ1) is 13.4. The quantitative estimate of drug-likeness (QED) is 0.757. The van der Waals surface area contributed by atoms with Crippen LogP contribution in [0.25, 0.3) is 0 Å². The number of amides is 2. The van der Waals surface area contributed by atoms with E-state index < -0.39 is 17.3 Å². The molecule has 1 heterocycles. The van der Waals surface area contributed by atoms with E-state index in [-0.39, 0.29) is 18.2 Å². The molecule has 0 aromatic heterocycles. The van der Waals surface area contributed by atoms with Gasteiger partial charge in [0.15, 0.2) is 6.10 Å². The fourth-order valence-corrected chi connectivity index (χ4v) is 4.01. The molecule has 3 rings (SSSR count). The van der Waals surface area contributed by atoms with E-state index in [2.05, 4.69) is 5.32 Å². The Morgan fingerprint density at radius 1 is 1.14 bits per heavy atom. The van der Waals surface area contributed by atoms with Crippen LogP contribution in [0.5, 0.6) is 0 Å². The van der Waals surface area contributed by atoms with Gasteiger partial charge >= 0.3 is 5.97 Å². The Morgan fingerprint density at radius 2 is 1.82 bits per heavy atom. The van der Waals surface area contributed by atoms with Crippen molar-refractivity contribution in [2.24, 2.45) is 0 Å². The van der Waals surface area contributed by atoms with Crippen LogP contribution < -0.4 is 5.32 Å². The van der Waals surface area contributed by atoms with Crippen LogP contribution >= 0.6 is 11.8 Å². The number of hydrogen-bond acceptors (Lipinski definition) is 5. The Labute approximate surface area is 168 Å². The second kappa shape index (κ2) is 8.93. The van der Waals surface area contributed by atoms with Crippen LogP contribution in [0.3, 0.4) is 0 Å². The molecule has 1 N–H and O–H groups in total. The maximum absolute atomic E-state index is 12.5. The Balaban J connectivity index is 1.52. The number of nitrogens with zero attached hydrogens (tertiary/aromatic N) is 1. The van der Waals surface area contributed by atoms with Crippen LogP contribution in [0.1, 0.15) is 18.9 Å². The molecule has 7 heteroatoms. The van der Waals surface area contributed by atoms with Crippen LogP contribution in [-0.4, -0.2) is 41.1 Å². The fraction of sp³-hybridized carbons (Fsp3) is 0.286. The standard InChI is InChI=1S/C21H22N2O4S/c1-14(21(26)23(2)13-15-8-4-3-5-9-15)27-19(24)12-18-20(25)22-16-10-6-7-11-17(16)28-18/h3-11,14,18H,12-13H2,1-2H3,(H,22,25)/t14-,18+/m0/s1. The molecule has 2 aromatic carbocycles. The highest BCUT2D eigenvalue weighted by atomic mass is 32.2. The van der Waals surface area contributed by atoms with E-state index >= 15 is 0 Å². The smallest absolute Gasteiger partial charge is 0.308 e. The number of carbonyl (C=O) groups is 3. The van der Waals surface area contributed by atoms with Crippen LogP contribution in [0.4, 0.5) is 5.69 Å². The molecule has 2 atom stereocenters. The van der Waals surface area contributed by atoms with Crippen LogP contribution in [0, 0.1) is 0 Å². The number of benzene rings is 2. The van der Waals surface area contributed by atoms with Crippen LogP contribution in [0.2, 0.25) is 0 Å². The summed E-state index contributed by atoms with van der Waals surface area (Å²) in [5.74, 6) is -1.09. The lowest BCUT2D eigenvalue weighted by Crippen LogP contribution is -2.38. The molecule has 28 heavy (non-hydrogen) atoms. The molecule has 0 fully saturated rings. The Hall–Kier alpha value is -2.80. The Morgan fingerprint density at radius 3 is 2.57 bits per heavy atom. The predicted octanol–water partition coefficient (Wildman–Crippen LogP) is 3.08. The summed E-state index contributed by atoms with van der Waals surface area (Å²) >= 11 is 1.33. The first-order valence-electron chi connectivity index (χ1n) is 8.99. The summed E-state index contributed by atoms with van der Waals surface area (Å²) in [6, 6.07) is 17.0. The molecule has 0 saturated carbocycles.